The fourth-order valence-corrected chi connectivity index (χ4v) is 1.28. The highest BCUT2D eigenvalue weighted by Crippen LogP contribution is 2.07. The lowest BCUT2D eigenvalue weighted by atomic mass is 10.1. The highest BCUT2D eigenvalue weighted by molar-refractivity contribution is 5.92. The molecule has 0 saturated heterocycles. The molecular formula is C14H23N. The summed E-state index contributed by atoms with van der Waals surface area (Å²) < 4.78 is 0. The molecule has 84 valence electrons. The molecule has 0 saturated carbocycles. The van der Waals surface area contributed by atoms with Crippen molar-refractivity contribution in [3.8, 4) is 0 Å². The fraction of sp³-hybridized carbons (Fsp3) is 0.500. The highest BCUT2D eigenvalue weighted by Gasteiger charge is 1.93. The predicted octanol–water partition coefficient (Wildman–Crippen LogP) is 4.67. The van der Waals surface area contributed by atoms with Crippen LogP contribution in [0.2, 0.25) is 0 Å². The molecular weight excluding hydrogens is 182 g/mol. The van der Waals surface area contributed by atoms with Crippen molar-refractivity contribution < 1.29 is 0 Å². The van der Waals surface area contributed by atoms with Gasteiger partial charge in [-0.3, -0.25) is 0 Å². The van der Waals surface area contributed by atoms with Gasteiger partial charge in [0.15, 0.2) is 0 Å². The van der Waals surface area contributed by atoms with Gasteiger partial charge in [0, 0.05) is 5.71 Å². The smallest absolute Gasteiger partial charge is 0.0314 e. The summed E-state index contributed by atoms with van der Waals surface area (Å²) in [5, 5.41) is 7.73. The molecule has 0 aliphatic rings. The van der Waals surface area contributed by atoms with Crippen LogP contribution in [0.15, 0.2) is 36.0 Å². The monoisotopic (exact) mass is 205 g/mol. The van der Waals surface area contributed by atoms with Crippen LogP contribution < -0.4 is 0 Å². The lowest BCUT2D eigenvalue weighted by molar-refractivity contribution is 0.741. The second kappa shape index (κ2) is 8.22. The van der Waals surface area contributed by atoms with Crippen LogP contribution in [0.4, 0.5) is 0 Å². The molecule has 0 aromatic carbocycles. The Balaban J connectivity index is 4.10. The Morgan fingerprint density at radius 2 is 1.87 bits per heavy atom. The fourth-order valence-electron chi connectivity index (χ4n) is 1.28. The Kier molecular flexibility index (Phi) is 7.61. The van der Waals surface area contributed by atoms with Gasteiger partial charge in [0.2, 0.25) is 0 Å². The van der Waals surface area contributed by atoms with E-state index < -0.39 is 0 Å². The first-order chi connectivity index (χ1) is 7.11. The zero-order chi connectivity index (χ0) is 11.7. The van der Waals surface area contributed by atoms with E-state index in [2.05, 4.69) is 27.4 Å². The highest BCUT2D eigenvalue weighted by atomic mass is 14.4. The molecule has 0 heterocycles. The van der Waals surface area contributed by atoms with Gasteiger partial charge in [-0.05, 0) is 38.3 Å². The largest absolute Gasteiger partial charge is 0.305 e. The second-order valence-corrected chi connectivity index (χ2v) is 3.98. The summed E-state index contributed by atoms with van der Waals surface area (Å²) in [5.41, 5.74) is 3.07. The topological polar surface area (TPSA) is 23.9 Å². The molecule has 0 bridgehead atoms. The van der Waals surface area contributed by atoms with Crippen LogP contribution >= 0.6 is 0 Å². The molecule has 15 heavy (non-hydrogen) atoms. The number of unbranched alkanes of at least 4 members (excludes halogenated alkanes) is 2. The first-order valence-corrected chi connectivity index (χ1v) is 5.67. The molecule has 1 heteroatoms. The van der Waals surface area contributed by atoms with Crippen LogP contribution in [0.5, 0.6) is 0 Å². The SMILES string of the molecule is C=CC(/C=C\C(=N)CCCCC)=C(C)C. The summed E-state index contributed by atoms with van der Waals surface area (Å²) in [6.07, 6.45) is 10.1. The predicted molar refractivity (Wildman–Crippen MR) is 69.6 cm³/mol. The summed E-state index contributed by atoms with van der Waals surface area (Å²) in [6.45, 7) is 10.1. The molecule has 0 fully saturated rings. The third kappa shape index (κ3) is 6.89. The zero-order valence-electron chi connectivity index (χ0n) is 10.3. The average molecular weight is 205 g/mol. The van der Waals surface area contributed by atoms with Crippen LogP contribution in [-0.4, -0.2) is 5.71 Å². The number of allylic oxidation sites excluding steroid dienone is 5. The number of rotatable bonds is 7. The standard InChI is InChI=1S/C14H23N/c1-5-7-8-9-14(15)11-10-13(6-2)12(3)4/h6,10-11,15H,2,5,7-9H2,1,3-4H3/b11-10-,15-14?. The number of hydrogen-bond donors (Lipinski definition) is 1. The Bertz CT molecular complexity index is 265. The van der Waals surface area contributed by atoms with Gasteiger partial charge in [0.1, 0.15) is 0 Å². The Morgan fingerprint density at radius 1 is 1.20 bits per heavy atom. The van der Waals surface area contributed by atoms with Gasteiger partial charge in [0.25, 0.3) is 0 Å². The van der Waals surface area contributed by atoms with Crippen molar-refractivity contribution in [1.29, 1.82) is 5.41 Å². The van der Waals surface area contributed by atoms with Gasteiger partial charge in [-0.2, -0.15) is 0 Å². The Labute approximate surface area is 94.1 Å². The minimum atomic E-state index is 0.712. The molecule has 0 aromatic rings. The summed E-state index contributed by atoms with van der Waals surface area (Å²) in [6, 6.07) is 0. The maximum Gasteiger partial charge on any atom is 0.0314 e. The minimum Gasteiger partial charge on any atom is -0.305 e. The molecule has 0 aliphatic carbocycles. The van der Waals surface area contributed by atoms with E-state index in [1.54, 1.807) is 0 Å². The van der Waals surface area contributed by atoms with E-state index in [0.717, 1.165) is 18.4 Å². The Hall–Kier alpha value is -1.11. The molecule has 0 aliphatic heterocycles. The van der Waals surface area contributed by atoms with Gasteiger partial charge in [-0.15, -0.1) is 0 Å². The van der Waals surface area contributed by atoms with E-state index >= 15 is 0 Å². The third-order valence-corrected chi connectivity index (χ3v) is 2.31. The number of nitrogens with one attached hydrogen (secondary N) is 1. The average Bonchev–Trinajstić information content (AvgIpc) is 2.18. The van der Waals surface area contributed by atoms with Crippen LogP contribution in [0.3, 0.4) is 0 Å². The van der Waals surface area contributed by atoms with Crippen molar-refractivity contribution in [2.75, 3.05) is 0 Å². The van der Waals surface area contributed by atoms with Crippen molar-refractivity contribution in [2.24, 2.45) is 0 Å². The van der Waals surface area contributed by atoms with Crippen molar-refractivity contribution >= 4 is 5.71 Å². The maximum atomic E-state index is 7.73. The van der Waals surface area contributed by atoms with Crippen LogP contribution in [-0.2, 0) is 0 Å². The van der Waals surface area contributed by atoms with Crippen molar-refractivity contribution in [3.63, 3.8) is 0 Å². The van der Waals surface area contributed by atoms with Crippen LogP contribution in [0.25, 0.3) is 0 Å². The molecule has 0 radical (unpaired) electrons. The lowest BCUT2D eigenvalue weighted by Crippen LogP contribution is -1.91. The molecule has 0 atom stereocenters. The molecule has 0 aromatic heterocycles. The molecule has 0 amide bonds. The summed E-state index contributed by atoms with van der Waals surface area (Å²) >= 11 is 0. The molecule has 0 rings (SSSR count). The lowest BCUT2D eigenvalue weighted by Gasteiger charge is -1.99. The summed E-state index contributed by atoms with van der Waals surface area (Å²) in [7, 11) is 0. The van der Waals surface area contributed by atoms with E-state index in [0.29, 0.717) is 5.71 Å². The molecule has 0 spiro atoms. The van der Waals surface area contributed by atoms with E-state index in [1.807, 2.05) is 18.2 Å². The molecule has 1 nitrogen and oxygen atoms in total. The van der Waals surface area contributed by atoms with Gasteiger partial charge in [-0.25, -0.2) is 0 Å². The minimum absolute atomic E-state index is 0.712. The van der Waals surface area contributed by atoms with Crippen LogP contribution in [0, 0.1) is 5.41 Å². The summed E-state index contributed by atoms with van der Waals surface area (Å²) in [5.74, 6) is 0. The van der Waals surface area contributed by atoms with Crippen molar-refractivity contribution in [1.82, 2.24) is 0 Å². The first kappa shape index (κ1) is 13.9. The third-order valence-electron chi connectivity index (χ3n) is 2.31. The molecule has 1 N–H and O–H groups in total. The zero-order valence-corrected chi connectivity index (χ0v) is 10.3. The first-order valence-electron chi connectivity index (χ1n) is 5.67. The van der Waals surface area contributed by atoms with Gasteiger partial charge >= 0.3 is 0 Å². The molecule has 0 unspecified atom stereocenters. The normalized spacial score (nSPS) is 10.3. The van der Waals surface area contributed by atoms with Gasteiger partial charge < -0.3 is 5.41 Å². The maximum absolute atomic E-state index is 7.73. The van der Waals surface area contributed by atoms with Gasteiger partial charge in [-0.1, -0.05) is 44.1 Å². The Morgan fingerprint density at radius 3 is 2.33 bits per heavy atom. The van der Waals surface area contributed by atoms with Crippen molar-refractivity contribution in [3.05, 3.63) is 36.0 Å². The van der Waals surface area contributed by atoms with E-state index in [4.69, 9.17) is 5.41 Å². The van der Waals surface area contributed by atoms with E-state index in [-0.39, 0.29) is 0 Å². The van der Waals surface area contributed by atoms with E-state index in [9.17, 15) is 0 Å². The summed E-state index contributed by atoms with van der Waals surface area (Å²) in [4.78, 5) is 0. The number of hydrogen-bond acceptors (Lipinski definition) is 1. The van der Waals surface area contributed by atoms with E-state index in [1.165, 1.54) is 18.4 Å². The second-order valence-electron chi connectivity index (χ2n) is 3.98. The van der Waals surface area contributed by atoms with Crippen molar-refractivity contribution in [2.45, 2.75) is 46.5 Å². The quantitative estimate of drug-likeness (QED) is 0.355. The van der Waals surface area contributed by atoms with Gasteiger partial charge in [0.05, 0.1) is 0 Å². The van der Waals surface area contributed by atoms with Crippen LogP contribution in [0.1, 0.15) is 46.5 Å².